The summed E-state index contributed by atoms with van der Waals surface area (Å²) < 4.78 is 0. The second kappa shape index (κ2) is 3.67. The summed E-state index contributed by atoms with van der Waals surface area (Å²) in [5.41, 5.74) is 5.04. The normalized spacial score (nSPS) is 33.4. The number of nitrogens with one attached hydrogen (secondary N) is 2. The highest BCUT2D eigenvalue weighted by molar-refractivity contribution is 5.74. The number of aliphatic hydroxyl groups is 1. The number of allylic oxidation sites excluding steroid dienone is 2. The third-order valence-electron chi connectivity index (χ3n) is 4.47. The lowest BCUT2D eigenvalue weighted by atomic mass is 9.85. The van der Waals surface area contributed by atoms with Crippen molar-refractivity contribution in [3.63, 3.8) is 0 Å². The number of H-pyrrole nitrogens is 1. The van der Waals surface area contributed by atoms with Crippen LogP contribution in [0.2, 0.25) is 0 Å². The molecule has 0 radical (unpaired) electrons. The highest BCUT2D eigenvalue weighted by atomic mass is 16.3. The summed E-state index contributed by atoms with van der Waals surface area (Å²) in [6.07, 6.45) is 10.5. The van der Waals surface area contributed by atoms with Gasteiger partial charge in [-0.05, 0) is 49.7 Å². The average molecular weight is 242 g/mol. The van der Waals surface area contributed by atoms with E-state index in [1.54, 1.807) is 0 Å². The van der Waals surface area contributed by atoms with Gasteiger partial charge in [0.1, 0.15) is 5.76 Å². The molecule has 0 amide bonds. The van der Waals surface area contributed by atoms with E-state index in [0.717, 1.165) is 31.7 Å². The predicted octanol–water partition coefficient (Wildman–Crippen LogP) is 3.02. The zero-order chi connectivity index (χ0) is 12.1. The summed E-state index contributed by atoms with van der Waals surface area (Å²) in [5, 5.41) is 13.5. The van der Waals surface area contributed by atoms with Crippen LogP contribution in [0, 0.1) is 11.8 Å². The fourth-order valence-electron chi connectivity index (χ4n) is 3.67. The van der Waals surface area contributed by atoms with Crippen LogP contribution in [0.5, 0.6) is 0 Å². The molecule has 0 saturated heterocycles. The third kappa shape index (κ3) is 1.50. The summed E-state index contributed by atoms with van der Waals surface area (Å²) in [6.45, 7) is 1.08. The molecule has 3 heteroatoms. The first-order valence-corrected chi connectivity index (χ1v) is 6.84. The smallest absolute Gasteiger partial charge is 0.115 e. The van der Waals surface area contributed by atoms with E-state index < -0.39 is 0 Å². The Labute approximate surface area is 107 Å². The molecule has 1 aliphatic carbocycles. The number of hydrogen-bond acceptors (Lipinski definition) is 2. The van der Waals surface area contributed by atoms with Gasteiger partial charge in [-0.3, -0.25) is 0 Å². The van der Waals surface area contributed by atoms with Gasteiger partial charge < -0.3 is 15.4 Å². The Morgan fingerprint density at radius 1 is 1.17 bits per heavy atom. The molecule has 2 aliphatic heterocycles. The first kappa shape index (κ1) is 10.3. The summed E-state index contributed by atoms with van der Waals surface area (Å²) in [6, 6.07) is 0. The lowest BCUT2D eigenvalue weighted by molar-refractivity contribution is 0.363. The van der Waals surface area contributed by atoms with Crippen molar-refractivity contribution in [1.29, 1.82) is 0 Å². The van der Waals surface area contributed by atoms with Crippen molar-refractivity contribution in [2.24, 2.45) is 11.8 Å². The molecule has 1 aromatic heterocycles. The van der Waals surface area contributed by atoms with E-state index in [0.29, 0.717) is 11.7 Å². The topological polar surface area (TPSA) is 48.0 Å². The van der Waals surface area contributed by atoms with E-state index in [1.807, 2.05) is 12.2 Å². The molecule has 4 rings (SSSR count). The van der Waals surface area contributed by atoms with E-state index >= 15 is 0 Å². The Morgan fingerprint density at radius 3 is 3.00 bits per heavy atom. The van der Waals surface area contributed by atoms with Crippen molar-refractivity contribution >= 4 is 11.8 Å². The number of aliphatic hydroxyl groups excluding tert-OH is 1. The molecule has 0 spiro atoms. The van der Waals surface area contributed by atoms with E-state index in [1.165, 1.54) is 29.1 Å². The maximum absolute atomic E-state index is 9.94. The van der Waals surface area contributed by atoms with Crippen molar-refractivity contribution in [2.45, 2.75) is 25.7 Å². The number of aromatic amines is 1. The second-order valence-electron chi connectivity index (χ2n) is 5.83. The zero-order valence-corrected chi connectivity index (χ0v) is 10.4. The molecule has 4 bridgehead atoms. The van der Waals surface area contributed by atoms with Crippen LogP contribution in [0.1, 0.15) is 29.8 Å². The number of fused-ring (bicyclic) bond motifs is 3. The molecule has 18 heavy (non-hydrogen) atoms. The quantitative estimate of drug-likeness (QED) is 0.655. The highest BCUT2D eigenvalue weighted by Crippen LogP contribution is 2.39. The molecule has 1 aromatic rings. The van der Waals surface area contributed by atoms with Crippen molar-refractivity contribution < 1.29 is 5.11 Å². The fraction of sp³-hybridized carbons (Fsp3) is 0.467. The van der Waals surface area contributed by atoms with Gasteiger partial charge in [-0.2, -0.15) is 0 Å². The Kier molecular flexibility index (Phi) is 2.10. The van der Waals surface area contributed by atoms with Crippen LogP contribution in [-0.2, 0) is 12.8 Å². The molecule has 0 saturated carbocycles. The SMILES string of the molecule is OC1=C/c2c3[nH]c4c2NCC(C4)CC(C/C=C\1)C3. The van der Waals surface area contributed by atoms with Crippen LogP contribution in [0.15, 0.2) is 17.9 Å². The average Bonchev–Trinajstić information content (AvgIpc) is 2.69. The van der Waals surface area contributed by atoms with Crippen molar-refractivity contribution in [2.75, 3.05) is 11.9 Å². The third-order valence-corrected chi connectivity index (χ3v) is 4.47. The second-order valence-corrected chi connectivity index (χ2v) is 5.83. The van der Waals surface area contributed by atoms with Crippen LogP contribution in [0.3, 0.4) is 0 Å². The first-order chi connectivity index (χ1) is 8.79. The predicted molar refractivity (Wildman–Crippen MR) is 72.7 cm³/mol. The molecule has 0 aromatic carbocycles. The number of hydrogen-bond donors (Lipinski definition) is 3. The van der Waals surface area contributed by atoms with Crippen LogP contribution >= 0.6 is 0 Å². The first-order valence-electron chi connectivity index (χ1n) is 6.84. The molecule has 2 atom stereocenters. The van der Waals surface area contributed by atoms with Gasteiger partial charge >= 0.3 is 0 Å². The molecule has 3 aliphatic rings. The largest absolute Gasteiger partial charge is 0.508 e. The maximum atomic E-state index is 9.94. The monoisotopic (exact) mass is 242 g/mol. The van der Waals surface area contributed by atoms with E-state index in [-0.39, 0.29) is 0 Å². The van der Waals surface area contributed by atoms with Gasteiger partial charge in [0.15, 0.2) is 0 Å². The van der Waals surface area contributed by atoms with Crippen molar-refractivity contribution in [1.82, 2.24) is 4.98 Å². The van der Waals surface area contributed by atoms with Gasteiger partial charge in [0.25, 0.3) is 0 Å². The van der Waals surface area contributed by atoms with Crippen LogP contribution < -0.4 is 5.32 Å². The summed E-state index contributed by atoms with van der Waals surface area (Å²) in [7, 11) is 0. The molecule has 0 fully saturated rings. The van der Waals surface area contributed by atoms with Crippen LogP contribution in [-0.4, -0.2) is 16.6 Å². The van der Waals surface area contributed by atoms with Gasteiger partial charge in [-0.15, -0.1) is 0 Å². The lowest BCUT2D eigenvalue weighted by Crippen LogP contribution is -2.26. The Hall–Kier alpha value is -1.64. The molecule has 2 unspecified atom stereocenters. The molecule has 3 nitrogen and oxygen atoms in total. The molecular formula is C15H18N2O. The minimum Gasteiger partial charge on any atom is -0.508 e. The van der Waals surface area contributed by atoms with Crippen LogP contribution in [0.4, 0.5) is 5.69 Å². The minimum absolute atomic E-state index is 0.364. The van der Waals surface area contributed by atoms with Gasteiger partial charge in [-0.1, -0.05) is 6.08 Å². The summed E-state index contributed by atoms with van der Waals surface area (Å²) in [4.78, 5) is 3.59. The number of rotatable bonds is 0. The Morgan fingerprint density at radius 2 is 2.06 bits per heavy atom. The molecule has 3 N–H and O–H groups in total. The van der Waals surface area contributed by atoms with Crippen LogP contribution in [0.25, 0.3) is 6.08 Å². The molecule has 3 heterocycles. The van der Waals surface area contributed by atoms with Gasteiger partial charge in [-0.25, -0.2) is 0 Å². The minimum atomic E-state index is 0.364. The fourth-order valence-corrected chi connectivity index (χ4v) is 3.67. The molecular weight excluding hydrogens is 224 g/mol. The van der Waals surface area contributed by atoms with E-state index in [4.69, 9.17) is 0 Å². The van der Waals surface area contributed by atoms with E-state index in [2.05, 4.69) is 16.4 Å². The zero-order valence-electron chi connectivity index (χ0n) is 10.4. The number of aromatic nitrogens is 1. The Bertz CT molecular complexity index is 553. The van der Waals surface area contributed by atoms with Crippen molar-refractivity contribution in [3.8, 4) is 0 Å². The summed E-state index contributed by atoms with van der Waals surface area (Å²) in [5.74, 6) is 1.82. The van der Waals surface area contributed by atoms with Gasteiger partial charge in [0.2, 0.25) is 0 Å². The van der Waals surface area contributed by atoms with E-state index in [9.17, 15) is 5.11 Å². The maximum Gasteiger partial charge on any atom is 0.115 e. The van der Waals surface area contributed by atoms with Gasteiger partial charge in [0.05, 0.1) is 5.69 Å². The standard InChI is InChI=1S/C15H18N2O/c18-11-3-1-2-9-4-10-6-14-15(16-8-10)12(7-11)13(5-9)17-14/h1,3,7,9-10,16-18H,2,4-6,8H2/b3-1-,11-7+. The van der Waals surface area contributed by atoms with Gasteiger partial charge in [0, 0.05) is 23.5 Å². The highest BCUT2D eigenvalue weighted by Gasteiger charge is 2.30. The summed E-state index contributed by atoms with van der Waals surface area (Å²) >= 11 is 0. The molecule has 94 valence electrons. The van der Waals surface area contributed by atoms with Crippen molar-refractivity contribution in [3.05, 3.63) is 34.9 Å². The number of anilines is 1. The lowest BCUT2D eigenvalue weighted by Gasteiger charge is -2.28. The Balaban J connectivity index is 1.95.